The maximum absolute atomic E-state index is 5.80. The molecule has 5 heteroatoms. The smallest absolute Gasteiger partial charge is 0.0828 e. The van der Waals surface area contributed by atoms with Crippen molar-refractivity contribution in [3.63, 3.8) is 0 Å². The van der Waals surface area contributed by atoms with Gasteiger partial charge in [0.1, 0.15) is 0 Å². The van der Waals surface area contributed by atoms with Gasteiger partial charge < -0.3 is 10.5 Å². The maximum atomic E-state index is 5.80. The van der Waals surface area contributed by atoms with Crippen LogP contribution in [0.2, 0.25) is 0 Å². The molecule has 2 unspecified atom stereocenters. The zero-order valence-electron chi connectivity index (χ0n) is 12.4. The van der Waals surface area contributed by atoms with Crippen LogP contribution in [0.4, 0.5) is 0 Å². The molecule has 2 aliphatic rings. The molecule has 2 N–H and O–H groups in total. The highest BCUT2D eigenvalue weighted by atomic mass is 16.5. The summed E-state index contributed by atoms with van der Waals surface area (Å²) in [6.45, 7) is 5.50. The van der Waals surface area contributed by atoms with E-state index >= 15 is 0 Å². The first-order valence-electron chi connectivity index (χ1n) is 7.86. The Hall–Kier alpha value is -0.910. The van der Waals surface area contributed by atoms with Crippen LogP contribution in [0.25, 0.3) is 0 Å². The van der Waals surface area contributed by atoms with Crippen LogP contribution in [0.3, 0.4) is 0 Å². The van der Waals surface area contributed by atoms with Crippen molar-refractivity contribution in [1.29, 1.82) is 0 Å². The molecule has 1 saturated heterocycles. The largest absolute Gasteiger partial charge is 0.371 e. The molecule has 2 atom stereocenters. The summed E-state index contributed by atoms with van der Waals surface area (Å²) in [5, 5.41) is 4.77. The van der Waals surface area contributed by atoms with Gasteiger partial charge in [-0.2, -0.15) is 5.10 Å². The van der Waals surface area contributed by atoms with Crippen molar-refractivity contribution in [3.05, 3.63) is 18.0 Å². The fraction of sp³-hybridized carbons (Fsp3) is 0.800. The summed E-state index contributed by atoms with van der Waals surface area (Å²) in [6, 6.07) is 2.79. The Morgan fingerprint density at radius 3 is 2.90 bits per heavy atom. The van der Waals surface area contributed by atoms with Gasteiger partial charge in [0.25, 0.3) is 0 Å². The monoisotopic (exact) mass is 278 g/mol. The summed E-state index contributed by atoms with van der Waals surface area (Å²) in [5.74, 6) is 0. The minimum absolute atomic E-state index is 0.163. The molecule has 5 nitrogen and oxygen atoms in total. The Morgan fingerprint density at radius 1 is 1.35 bits per heavy atom. The van der Waals surface area contributed by atoms with Crippen LogP contribution in [0.15, 0.2) is 12.3 Å². The second kappa shape index (κ2) is 6.24. The van der Waals surface area contributed by atoms with Crippen molar-refractivity contribution in [2.45, 2.75) is 57.4 Å². The van der Waals surface area contributed by atoms with E-state index in [0.29, 0.717) is 12.6 Å². The lowest BCUT2D eigenvalue weighted by molar-refractivity contribution is -0.0748. The van der Waals surface area contributed by atoms with Crippen molar-refractivity contribution < 1.29 is 4.74 Å². The standard InChI is InChI=1S/C15H26N4O/c1-12-9-18(11-15(8-16)20-12)10-13-6-7-19(17-13)14-4-2-3-5-14/h6-7,12,14-15H,2-5,8-11,16H2,1H3. The first-order valence-corrected chi connectivity index (χ1v) is 7.86. The van der Waals surface area contributed by atoms with Gasteiger partial charge in [0.15, 0.2) is 0 Å². The average molecular weight is 278 g/mol. The van der Waals surface area contributed by atoms with E-state index in [-0.39, 0.29) is 12.2 Å². The van der Waals surface area contributed by atoms with Crippen LogP contribution in [0.1, 0.15) is 44.3 Å². The van der Waals surface area contributed by atoms with E-state index in [0.717, 1.165) is 19.6 Å². The number of aromatic nitrogens is 2. The first-order chi connectivity index (χ1) is 9.74. The Bertz CT molecular complexity index is 427. The van der Waals surface area contributed by atoms with Crippen LogP contribution >= 0.6 is 0 Å². The summed E-state index contributed by atoms with van der Waals surface area (Å²) in [6.07, 6.45) is 7.83. The van der Waals surface area contributed by atoms with Crippen LogP contribution in [-0.2, 0) is 11.3 Å². The number of nitrogens with two attached hydrogens (primary N) is 1. The quantitative estimate of drug-likeness (QED) is 0.908. The van der Waals surface area contributed by atoms with Crippen molar-refractivity contribution in [2.75, 3.05) is 19.6 Å². The Balaban J connectivity index is 1.59. The van der Waals surface area contributed by atoms with Crippen LogP contribution in [-0.4, -0.2) is 46.5 Å². The minimum Gasteiger partial charge on any atom is -0.371 e. The molecule has 112 valence electrons. The topological polar surface area (TPSA) is 56.3 Å². The molecule has 0 amide bonds. The highest BCUT2D eigenvalue weighted by molar-refractivity contribution is 5.01. The molecule has 0 radical (unpaired) electrons. The molecule has 2 heterocycles. The van der Waals surface area contributed by atoms with Gasteiger partial charge in [0.2, 0.25) is 0 Å². The molecule has 1 aliphatic carbocycles. The van der Waals surface area contributed by atoms with Gasteiger partial charge in [-0.1, -0.05) is 12.8 Å². The molecule has 1 aromatic heterocycles. The predicted molar refractivity (Wildman–Crippen MR) is 78.4 cm³/mol. The summed E-state index contributed by atoms with van der Waals surface area (Å²) in [7, 11) is 0. The van der Waals surface area contributed by atoms with Gasteiger partial charge >= 0.3 is 0 Å². The number of hydrogen-bond donors (Lipinski definition) is 1. The molecule has 1 saturated carbocycles. The van der Waals surface area contributed by atoms with Gasteiger partial charge in [-0.15, -0.1) is 0 Å². The van der Waals surface area contributed by atoms with Crippen LogP contribution in [0.5, 0.6) is 0 Å². The molecule has 1 aliphatic heterocycles. The lowest BCUT2D eigenvalue weighted by Gasteiger charge is -2.35. The lowest BCUT2D eigenvalue weighted by atomic mass is 10.2. The number of hydrogen-bond acceptors (Lipinski definition) is 4. The van der Waals surface area contributed by atoms with E-state index in [9.17, 15) is 0 Å². The molecule has 20 heavy (non-hydrogen) atoms. The third-order valence-electron chi connectivity index (χ3n) is 4.41. The highest BCUT2D eigenvalue weighted by Crippen LogP contribution is 2.28. The van der Waals surface area contributed by atoms with Crippen molar-refractivity contribution in [3.8, 4) is 0 Å². The fourth-order valence-electron chi connectivity index (χ4n) is 3.46. The molecule has 0 bridgehead atoms. The van der Waals surface area contributed by atoms with E-state index in [4.69, 9.17) is 15.6 Å². The van der Waals surface area contributed by atoms with Gasteiger partial charge in [-0.25, -0.2) is 0 Å². The predicted octanol–water partition coefficient (Wildman–Crippen LogP) is 1.55. The zero-order chi connectivity index (χ0) is 13.9. The van der Waals surface area contributed by atoms with Crippen LogP contribution < -0.4 is 5.73 Å². The number of rotatable bonds is 4. The molecule has 0 aromatic carbocycles. The maximum Gasteiger partial charge on any atom is 0.0828 e. The average Bonchev–Trinajstić information content (AvgIpc) is 3.08. The summed E-state index contributed by atoms with van der Waals surface area (Å²) >= 11 is 0. The normalized spacial score (nSPS) is 29.1. The first kappa shape index (κ1) is 14.0. The Morgan fingerprint density at radius 2 is 2.15 bits per heavy atom. The fourth-order valence-corrected chi connectivity index (χ4v) is 3.46. The zero-order valence-corrected chi connectivity index (χ0v) is 12.4. The minimum atomic E-state index is 0.163. The number of ether oxygens (including phenoxy) is 1. The molecule has 2 fully saturated rings. The van der Waals surface area contributed by atoms with Crippen molar-refractivity contribution in [2.24, 2.45) is 5.73 Å². The molecule has 3 rings (SSSR count). The van der Waals surface area contributed by atoms with E-state index in [2.05, 4.69) is 28.8 Å². The van der Waals surface area contributed by atoms with Gasteiger partial charge in [0, 0.05) is 32.4 Å². The number of morpholine rings is 1. The Labute approximate surface area is 121 Å². The van der Waals surface area contributed by atoms with E-state index in [1.54, 1.807) is 0 Å². The lowest BCUT2D eigenvalue weighted by Crippen LogP contribution is -2.48. The highest BCUT2D eigenvalue weighted by Gasteiger charge is 2.25. The third kappa shape index (κ3) is 3.22. The van der Waals surface area contributed by atoms with E-state index in [1.165, 1.54) is 31.4 Å². The van der Waals surface area contributed by atoms with Gasteiger partial charge in [-0.05, 0) is 25.8 Å². The van der Waals surface area contributed by atoms with Crippen molar-refractivity contribution >= 4 is 0 Å². The number of nitrogens with zero attached hydrogens (tertiary/aromatic N) is 3. The SMILES string of the molecule is CC1CN(Cc2ccn(C3CCCC3)n2)CC(CN)O1. The van der Waals surface area contributed by atoms with Crippen LogP contribution in [0, 0.1) is 0 Å². The second-order valence-corrected chi connectivity index (χ2v) is 6.22. The summed E-state index contributed by atoms with van der Waals surface area (Å²) < 4.78 is 7.97. The third-order valence-corrected chi connectivity index (χ3v) is 4.41. The molecular formula is C15H26N4O. The van der Waals surface area contributed by atoms with Gasteiger partial charge in [0.05, 0.1) is 23.9 Å². The van der Waals surface area contributed by atoms with E-state index < -0.39 is 0 Å². The second-order valence-electron chi connectivity index (χ2n) is 6.22. The van der Waals surface area contributed by atoms with E-state index in [1.807, 2.05) is 0 Å². The summed E-state index contributed by atoms with van der Waals surface area (Å²) in [5.41, 5.74) is 6.90. The Kier molecular flexibility index (Phi) is 4.38. The van der Waals surface area contributed by atoms with Crippen molar-refractivity contribution in [1.82, 2.24) is 14.7 Å². The summed E-state index contributed by atoms with van der Waals surface area (Å²) in [4.78, 5) is 2.41. The molecule has 1 aromatic rings. The van der Waals surface area contributed by atoms with Gasteiger partial charge in [-0.3, -0.25) is 9.58 Å². The molecular weight excluding hydrogens is 252 g/mol. The molecule has 0 spiro atoms.